The first-order valence-corrected chi connectivity index (χ1v) is 7.68. The summed E-state index contributed by atoms with van der Waals surface area (Å²) in [4.78, 5) is 36.0. The number of hydrogen-bond acceptors (Lipinski definition) is 5. The molecule has 1 aromatic carbocycles. The molecule has 140 valence electrons. The van der Waals surface area contributed by atoms with Crippen molar-refractivity contribution in [2.24, 2.45) is 0 Å². The van der Waals surface area contributed by atoms with Gasteiger partial charge in [-0.05, 0) is 19.1 Å². The molecule has 2 amide bonds. The van der Waals surface area contributed by atoms with Crippen molar-refractivity contribution < 1.29 is 37.4 Å². The molecule has 1 aliphatic heterocycles. The van der Waals surface area contributed by atoms with E-state index in [1.54, 1.807) is 0 Å². The quantitative estimate of drug-likeness (QED) is 0.470. The Balaban J connectivity index is 2.23. The van der Waals surface area contributed by atoms with Crippen LogP contribution in [0.15, 0.2) is 36.4 Å². The standard InChI is InChI=1S/C17H16F3NO5/c1-2-26-13(22)8-5-9-16(25,17(18,19)20)10-21-14(23)11-6-3-4-7-12(11)15(21)24/h3-8,25H,2,9-10H2,1H3/b8-5+/t16-/m0/s1. The van der Waals surface area contributed by atoms with Crippen LogP contribution in [0.2, 0.25) is 0 Å². The molecule has 0 saturated carbocycles. The van der Waals surface area contributed by atoms with Gasteiger partial charge in [-0.25, -0.2) is 4.79 Å². The van der Waals surface area contributed by atoms with E-state index in [0.29, 0.717) is 4.90 Å². The predicted molar refractivity (Wildman–Crippen MR) is 83.2 cm³/mol. The summed E-state index contributed by atoms with van der Waals surface area (Å²) in [5.74, 6) is -2.69. The number of hydrogen-bond donors (Lipinski definition) is 1. The Morgan fingerprint density at radius 2 is 1.73 bits per heavy atom. The maximum absolute atomic E-state index is 13.4. The molecule has 2 rings (SSSR count). The number of amides is 2. The summed E-state index contributed by atoms with van der Waals surface area (Å²) in [6.07, 6.45) is -4.61. The van der Waals surface area contributed by atoms with Crippen molar-refractivity contribution in [3.8, 4) is 0 Å². The van der Waals surface area contributed by atoms with Gasteiger partial charge in [0.2, 0.25) is 0 Å². The molecule has 26 heavy (non-hydrogen) atoms. The van der Waals surface area contributed by atoms with Crippen molar-refractivity contribution in [2.75, 3.05) is 13.2 Å². The second-order valence-corrected chi connectivity index (χ2v) is 5.63. The van der Waals surface area contributed by atoms with Gasteiger partial charge in [-0.3, -0.25) is 14.5 Å². The maximum Gasteiger partial charge on any atom is 0.419 e. The number of carbonyl (C=O) groups is 3. The molecule has 0 unspecified atom stereocenters. The van der Waals surface area contributed by atoms with Crippen LogP contribution in [-0.4, -0.2) is 52.7 Å². The molecule has 1 N–H and O–H groups in total. The van der Waals surface area contributed by atoms with Gasteiger partial charge in [0, 0.05) is 12.5 Å². The number of alkyl halides is 3. The molecule has 0 fully saturated rings. The summed E-state index contributed by atoms with van der Waals surface area (Å²) in [7, 11) is 0. The largest absolute Gasteiger partial charge is 0.463 e. The molecule has 0 radical (unpaired) electrons. The van der Waals surface area contributed by atoms with Crippen LogP contribution in [0.1, 0.15) is 34.1 Å². The van der Waals surface area contributed by atoms with E-state index >= 15 is 0 Å². The van der Waals surface area contributed by atoms with Gasteiger partial charge in [0.25, 0.3) is 11.8 Å². The highest BCUT2D eigenvalue weighted by atomic mass is 19.4. The molecule has 1 atom stereocenters. The van der Waals surface area contributed by atoms with E-state index in [0.717, 1.165) is 12.2 Å². The number of ether oxygens (including phenoxy) is 1. The zero-order valence-electron chi connectivity index (χ0n) is 13.7. The van der Waals surface area contributed by atoms with E-state index in [1.807, 2.05) is 0 Å². The molecule has 0 aromatic heterocycles. The number of β-amino-alcohol motifs (C(OH)–C–C–N with tert-alkyl or cyclic N) is 1. The van der Waals surface area contributed by atoms with Gasteiger partial charge in [-0.1, -0.05) is 18.2 Å². The molecular formula is C17H16F3NO5. The highest BCUT2D eigenvalue weighted by Crippen LogP contribution is 2.36. The lowest BCUT2D eigenvalue weighted by Gasteiger charge is -2.32. The maximum atomic E-state index is 13.4. The number of imide groups is 1. The molecule has 1 heterocycles. The number of fused-ring (bicyclic) bond motifs is 1. The SMILES string of the molecule is CCOC(=O)/C=C/C[C@](O)(CN1C(=O)c2ccccc2C1=O)C(F)(F)F. The number of aliphatic hydroxyl groups is 1. The third-order valence-electron chi connectivity index (χ3n) is 3.82. The van der Waals surface area contributed by atoms with E-state index in [4.69, 9.17) is 0 Å². The number of benzene rings is 1. The number of carbonyl (C=O) groups excluding carboxylic acids is 3. The van der Waals surface area contributed by atoms with Crippen LogP contribution < -0.4 is 0 Å². The van der Waals surface area contributed by atoms with Crippen molar-refractivity contribution in [3.63, 3.8) is 0 Å². The van der Waals surface area contributed by atoms with Crippen molar-refractivity contribution >= 4 is 17.8 Å². The van der Waals surface area contributed by atoms with Crippen LogP contribution in [0, 0.1) is 0 Å². The third kappa shape index (κ3) is 3.77. The lowest BCUT2D eigenvalue weighted by molar-refractivity contribution is -0.260. The molecule has 0 bridgehead atoms. The number of rotatable bonds is 6. The number of nitrogens with zero attached hydrogens (tertiary/aromatic N) is 1. The van der Waals surface area contributed by atoms with Gasteiger partial charge >= 0.3 is 12.1 Å². The van der Waals surface area contributed by atoms with Gasteiger partial charge in [-0.2, -0.15) is 13.2 Å². The molecule has 1 aromatic rings. The average Bonchev–Trinajstić information content (AvgIpc) is 2.79. The Bertz CT molecular complexity index is 724. The van der Waals surface area contributed by atoms with Crippen molar-refractivity contribution in [3.05, 3.63) is 47.5 Å². The zero-order chi connectivity index (χ0) is 19.5. The lowest BCUT2D eigenvalue weighted by Crippen LogP contribution is -2.54. The molecular weight excluding hydrogens is 355 g/mol. The average molecular weight is 371 g/mol. The Hall–Kier alpha value is -2.68. The van der Waals surface area contributed by atoms with Crippen LogP contribution in [0.5, 0.6) is 0 Å². The Morgan fingerprint density at radius 3 is 2.19 bits per heavy atom. The fourth-order valence-electron chi connectivity index (χ4n) is 2.45. The van der Waals surface area contributed by atoms with Crippen LogP contribution in [-0.2, 0) is 9.53 Å². The minimum Gasteiger partial charge on any atom is -0.463 e. The second kappa shape index (κ2) is 7.28. The molecule has 0 saturated heterocycles. The van der Waals surface area contributed by atoms with E-state index in [1.165, 1.54) is 31.2 Å². The Kier molecular flexibility index (Phi) is 5.50. The third-order valence-corrected chi connectivity index (χ3v) is 3.82. The molecule has 9 heteroatoms. The van der Waals surface area contributed by atoms with Gasteiger partial charge in [0.05, 0.1) is 24.3 Å². The zero-order valence-corrected chi connectivity index (χ0v) is 13.7. The lowest BCUT2D eigenvalue weighted by atomic mass is 9.97. The van der Waals surface area contributed by atoms with Gasteiger partial charge in [0.1, 0.15) is 0 Å². The molecule has 0 spiro atoms. The van der Waals surface area contributed by atoms with Crippen LogP contribution in [0.3, 0.4) is 0 Å². The molecule has 1 aliphatic rings. The fraction of sp³-hybridized carbons (Fsp3) is 0.353. The van der Waals surface area contributed by atoms with Crippen molar-refractivity contribution in [2.45, 2.75) is 25.1 Å². The Morgan fingerprint density at radius 1 is 1.19 bits per heavy atom. The minimum absolute atomic E-state index is 0.0240. The first-order chi connectivity index (χ1) is 12.1. The van der Waals surface area contributed by atoms with Gasteiger partial charge in [-0.15, -0.1) is 0 Å². The van der Waals surface area contributed by atoms with Crippen molar-refractivity contribution in [1.29, 1.82) is 0 Å². The summed E-state index contributed by atoms with van der Waals surface area (Å²) < 4.78 is 44.6. The first kappa shape index (κ1) is 19.6. The highest BCUT2D eigenvalue weighted by molar-refractivity contribution is 6.21. The predicted octanol–water partition coefficient (Wildman–Crippen LogP) is 2.09. The number of esters is 1. The summed E-state index contributed by atoms with van der Waals surface area (Å²) in [5, 5.41) is 10.1. The Labute approximate surface area is 146 Å². The first-order valence-electron chi connectivity index (χ1n) is 7.68. The van der Waals surface area contributed by atoms with E-state index < -0.39 is 42.5 Å². The molecule has 6 nitrogen and oxygen atoms in total. The van der Waals surface area contributed by atoms with Crippen LogP contribution >= 0.6 is 0 Å². The van der Waals surface area contributed by atoms with Crippen LogP contribution in [0.4, 0.5) is 13.2 Å². The summed E-state index contributed by atoms with van der Waals surface area (Å²) in [5.41, 5.74) is -3.45. The normalized spacial score (nSPS) is 16.7. The smallest absolute Gasteiger partial charge is 0.419 e. The highest BCUT2D eigenvalue weighted by Gasteiger charge is 2.56. The topological polar surface area (TPSA) is 83.9 Å². The van der Waals surface area contributed by atoms with E-state index in [9.17, 15) is 32.7 Å². The van der Waals surface area contributed by atoms with Crippen molar-refractivity contribution in [1.82, 2.24) is 4.90 Å². The van der Waals surface area contributed by atoms with Gasteiger partial charge < -0.3 is 9.84 Å². The van der Waals surface area contributed by atoms with E-state index in [-0.39, 0.29) is 17.7 Å². The summed E-state index contributed by atoms with van der Waals surface area (Å²) >= 11 is 0. The second-order valence-electron chi connectivity index (χ2n) is 5.63. The summed E-state index contributed by atoms with van der Waals surface area (Å²) in [6.45, 7) is 0.290. The fourth-order valence-corrected chi connectivity index (χ4v) is 2.45. The summed E-state index contributed by atoms with van der Waals surface area (Å²) in [6, 6.07) is 5.60. The van der Waals surface area contributed by atoms with Crippen LogP contribution in [0.25, 0.3) is 0 Å². The van der Waals surface area contributed by atoms with Gasteiger partial charge in [0.15, 0.2) is 5.60 Å². The minimum atomic E-state index is -5.14. The number of halogens is 3. The monoisotopic (exact) mass is 371 g/mol. The van der Waals surface area contributed by atoms with E-state index in [2.05, 4.69) is 4.74 Å². The molecule has 0 aliphatic carbocycles.